The van der Waals surface area contributed by atoms with E-state index in [-0.39, 0.29) is 0 Å². The molecular weight excluding hydrogens is 408 g/mol. The molecule has 0 rings (SSSR count). The SMILES string of the molecule is CCCCCCCCCCOCC(O)CSCC(O)COCCCCCCCCCC. The quantitative estimate of drug-likeness (QED) is 0.139. The molecule has 0 amide bonds. The van der Waals surface area contributed by atoms with Gasteiger partial charge in [-0.15, -0.1) is 0 Å². The lowest BCUT2D eigenvalue weighted by Gasteiger charge is -2.14. The third kappa shape index (κ3) is 26.3. The van der Waals surface area contributed by atoms with E-state index >= 15 is 0 Å². The average Bonchev–Trinajstić information content (AvgIpc) is 2.76. The first-order valence-corrected chi connectivity index (χ1v) is 14.5. The molecule has 0 aliphatic carbocycles. The summed E-state index contributed by atoms with van der Waals surface area (Å²) in [6.45, 7) is 6.78. The van der Waals surface area contributed by atoms with Crippen LogP contribution in [0.1, 0.15) is 117 Å². The highest BCUT2D eigenvalue weighted by Crippen LogP contribution is 2.10. The van der Waals surface area contributed by atoms with Crippen molar-refractivity contribution in [2.45, 2.75) is 129 Å². The monoisotopic (exact) mass is 462 g/mol. The molecule has 5 heteroatoms. The van der Waals surface area contributed by atoms with Gasteiger partial charge in [0.25, 0.3) is 0 Å². The van der Waals surface area contributed by atoms with Crippen LogP contribution in [0.5, 0.6) is 0 Å². The summed E-state index contributed by atoms with van der Waals surface area (Å²) < 4.78 is 11.2. The second-order valence-electron chi connectivity index (χ2n) is 8.94. The number of ether oxygens (including phenoxy) is 2. The van der Waals surface area contributed by atoms with Crippen LogP contribution in [-0.2, 0) is 9.47 Å². The fourth-order valence-corrected chi connectivity index (χ4v) is 4.42. The molecule has 0 aliphatic heterocycles. The molecule has 2 unspecified atom stereocenters. The Balaban J connectivity index is 3.28. The van der Waals surface area contributed by atoms with Gasteiger partial charge >= 0.3 is 0 Å². The van der Waals surface area contributed by atoms with Crippen LogP contribution in [0, 0.1) is 0 Å². The molecule has 2 atom stereocenters. The molecule has 0 aromatic heterocycles. The highest BCUT2D eigenvalue weighted by molar-refractivity contribution is 7.99. The summed E-state index contributed by atoms with van der Waals surface area (Å²) in [5.41, 5.74) is 0. The minimum absolute atomic E-state index is 0.397. The van der Waals surface area contributed by atoms with Crippen molar-refractivity contribution in [2.75, 3.05) is 37.9 Å². The molecular formula is C26H54O4S. The number of aliphatic hydroxyl groups is 2. The molecule has 0 spiro atoms. The second-order valence-corrected chi connectivity index (χ2v) is 10.0. The second kappa shape index (κ2) is 26.4. The number of rotatable bonds is 26. The fourth-order valence-electron chi connectivity index (χ4n) is 3.55. The van der Waals surface area contributed by atoms with Crippen molar-refractivity contribution in [3.63, 3.8) is 0 Å². The van der Waals surface area contributed by atoms with E-state index in [1.165, 1.54) is 89.9 Å². The molecule has 31 heavy (non-hydrogen) atoms. The van der Waals surface area contributed by atoms with E-state index < -0.39 is 12.2 Å². The first kappa shape index (κ1) is 31.2. The molecule has 0 aromatic rings. The minimum Gasteiger partial charge on any atom is -0.390 e. The number of thioether (sulfide) groups is 1. The van der Waals surface area contributed by atoms with Crippen molar-refractivity contribution in [1.29, 1.82) is 0 Å². The third-order valence-electron chi connectivity index (χ3n) is 5.53. The van der Waals surface area contributed by atoms with Crippen LogP contribution >= 0.6 is 11.8 Å². The largest absolute Gasteiger partial charge is 0.390 e. The van der Waals surface area contributed by atoms with E-state index in [1.807, 2.05) is 0 Å². The third-order valence-corrected chi connectivity index (χ3v) is 6.77. The van der Waals surface area contributed by atoms with Gasteiger partial charge in [-0.3, -0.25) is 0 Å². The van der Waals surface area contributed by atoms with Gasteiger partial charge in [-0.25, -0.2) is 0 Å². The summed E-state index contributed by atoms with van der Waals surface area (Å²) >= 11 is 1.57. The zero-order valence-electron chi connectivity index (χ0n) is 20.8. The fraction of sp³-hybridized carbons (Fsp3) is 1.00. The molecule has 188 valence electrons. The van der Waals surface area contributed by atoms with Gasteiger partial charge in [0.15, 0.2) is 0 Å². The Morgan fingerprint density at radius 2 is 0.839 bits per heavy atom. The Kier molecular flexibility index (Phi) is 26.6. The van der Waals surface area contributed by atoms with Crippen LogP contribution in [-0.4, -0.2) is 60.4 Å². The Morgan fingerprint density at radius 1 is 0.516 bits per heavy atom. The lowest BCUT2D eigenvalue weighted by atomic mass is 10.1. The van der Waals surface area contributed by atoms with E-state index in [4.69, 9.17) is 9.47 Å². The maximum absolute atomic E-state index is 9.99. The van der Waals surface area contributed by atoms with E-state index in [9.17, 15) is 10.2 Å². The van der Waals surface area contributed by atoms with Crippen molar-refractivity contribution in [3.05, 3.63) is 0 Å². The first-order chi connectivity index (χ1) is 15.2. The lowest BCUT2D eigenvalue weighted by molar-refractivity contribution is 0.0442. The number of aliphatic hydroxyl groups excluding tert-OH is 2. The van der Waals surface area contributed by atoms with Gasteiger partial charge in [0.2, 0.25) is 0 Å². The van der Waals surface area contributed by atoms with E-state index in [2.05, 4.69) is 13.8 Å². The van der Waals surface area contributed by atoms with Crippen LogP contribution in [0.25, 0.3) is 0 Å². The van der Waals surface area contributed by atoms with Gasteiger partial charge in [0.1, 0.15) is 0 Å². The van der Waals surface area contributed by atoms with Crippen LogP contribution < -0.4 is 0 Å². The minimum atomic E-state index is -0.454. The average molecular weight is 463 g/mol. The standard InChI is InChI=1S/C26H54O4S/c1-3-5-7-9-11-13-15-17-19-29-21-25(27)23-31-24-26(28)22-30-20-18-16-14-12-10-8-6-4-2/h25-28H,3-24H2,1-2H3. The normalized spacial score (nSPS) is 13.5. The Hall–Kier alpha value is 0.190. The lowest BCUT2D eigenvalue weighted by Crippen LogP contribution is -2.22. The summed E-state index contributed by atoms with van der Waals surface area (Å²) in [6.07, 6.45) is 19.8. The van der Waals surface area contributed by atoms with Crippen LogP contribution in [0.2, 0.25) is 0 Å². The van der Waals surface area contributed by atoms with Gasteiger partial charge in [-0.2, -0.15) is 11.8 Å². The van der Waals surface area contributed by atoms with Gasteiger partial charge in [-0.1, -0.05) is 104 Å². The summed E-state index contributed by atoms with van der Waals surface area (Å²) in [5.74, 6) is 1.21. The number of hydrogen-bond donors (Lipinski definition) is 2. The maximum Gasteiger partial charge on any atom is 0.0863 e. The van der Waals surface area contributed by atoms with Crippen molar-refractivity contribution in [3.8, 4) is 0 Å². The molecule has 0 heterocycles. The van der Waals surface area contributed by atoms with Crippen molar-refractivity contribution in [2.24, 2.45) is 0 Å². The predicted molar refractivity (Wildman–Crippen MR) is 136 cm³/mol. The molecule has 0 bridgehead atoms. The molecule has 2 N–H and O–H groups in total. The van der Waals surface area contributed by atoms with E-state index in [0.29, 0.717) is 24.7 Å². The van der Waals surface area contributed by atoms with Gasteiger partial charge in [0.05, 0.1) is 25.4 Å². The van der Waals surface area contributed by atoms with E-state index in [1.54, 1.807) is 11.8 Å². The number of hydrogen-bond acceptors (Lipinski definition) is 5. The molecule has 0 saturated carbocycles. The smallest absolute Gasteiger partial charge is 0.0863 e. The zero-order valence-corrected chi connectivity index (χ0v) is 21.6. The van der Waals surface area contributed by atoms with Gasteiger partial charge in [0, 0.05) is 24.7 Å². The Labute approximate surface area is 198 Å². The van der Waals surface area contributed by atoms with E-state index in [0.717, 1.165) is 26.1 Å². The van der Waals surface area contributed by atoms with Crippen molar-refractivity contribution < 1.29 is 19.7 Å². The molecule has 0 aromatic carbocycles. The van der Waals surface area contributed by atoms with Crippen LogP contribution in [0.4, 0.5) is 0 Å². The first-order valence-electron chi connectivity index (χ1n) is 13.3. The topological polar surface area (TPSA) is 58.9 Å². The Bertz CT molecular complexity index is 301. The van der Waals surface area contributed by atoms with Crippen molar-refractivity contribution in [1.82, 2.24) is 0 Å². The molecule has 0 saturated heterocycles. The molecule has 4 nitrogen and oxygen atoms in total. The predicted octanol–water partition coefficient (Wildman–Crippen LogP) is 6.76. The highest BCUT2D eigenvalue weighted by Gasteiger charge is 2.08. The molecule has 0 fully saturated rings. The zero-order chi connectivity index (χ0) is 22.8. The molecule has 0 radical (unpaired) electrons. The van der Waals surface area contributed by atoms with Crippen molar-refractivity contribution >= 4 is 11.8 Å². The summed E-state index contributed by atoms with van der Waals surface area (Å²) in [5, 5.41) is 20.0. The summed E-state index contributed by atoms with van der Waals surface area (Å²) in [4.78, 5) is 0. The summed E-state index contributed by atoms with van der Waals surface area (Å²) in [7, 11) is 0. The van der Waals surface area contributed by atoms with Gasteiger partial charge in [-0.05, 0) is 12.8 Å². The van der Waals surface area contributed by atoms with Gasteiger partial charge < -0.3 is 19.7 Å². The summed E-state index contributed by atoms with van der Waals surface area (Å²) in [6, 6.07) is 0. The number of unbranched alkanes of at least 4 members (excludes halogenated alkanes) is 14. The Morgan fingerprint density at radius 3 is 1.19 bits per heavy atom. The maximum atomic E-state index is 9.99. The van der Waals surface area contributed by atoms with Crippen LogP contribution in [0.3, 0.4) is 0 Å². The van der Waals surface area contributed by atoms with Crippen LogP contribution in [0.15, 0.2) is 0 Å². The highest BCUT2D eigenvalue weighted by atomic mass is 32.2. The molecule has 0 aliphatic rings.